The SMILES string of the molecule is C[C@@H](Nc1ccn(C)n1)c1ccccc1F. The fraction of sp³-hybridized carbons (Fsp3) is 0.250. The number of halogens is 1. The molecular formula is C12H14FN3. The predicted octanol–water partition coefficient (Wildman–Crippen LogP) is 2.73. The first-order valence-electron chi connectivity index (χ1n) is 5.17. The molecule has 0 aliphatic rings. The third kappa shape index (κ3) is 2.21. The molecule has 84 valence electrons. The van der Waals surface area contributed by atoms with Crippen LogP contribution in [0.15, 0.2) is 36.5 Å². The highest BCUT2D eigenvalue weighted by Crippen LogP contribution is 2.20. The largest absolute Gasteiger partial charge is 0.362 e. The van der Waals surface area contributed by atoms with Gasteiger partial charge in [0.2, 0.25) is 0 Å². The van der Waals surface area contributed by atoms with Gasteiger partial charge in [0.15, 0.2) is 0 Å². The number of hydrogen-bond donors (Lipinski definition) is 1. The molecule has 4 heteroatoms. The number of hydrogen-bond acceptors (Lipinski definition) is 2. The molecular weight excluding hydrogens is 205 g/mol. The summed E-state index contributed by atoms with van der Waals surface area (Å²) < 4.78 is 15.2. The zero-order valence-corrected chi connectivity index (χ0v) is 9.31. The van der Waals surface area contributed by atoms with Crippen molar-refractivity contribution in [2.45, 2.75) is 13.0 Å². The molecule has 1 aromatic carbocycles. The van der Waals surface area contributed by atoms with Crippen molar-refractivity contribution in [3.63, 3.8) is 0 Å². The maximum absolute atomic E-state index is 13.5. The summed E-state index contributed by atoms with van der Waals surface area (Å²) in [5, 5.41) is 7.34. The number of rotatable bonds is 3. The molecule has 1 aromatic heterocycles. The van der Waals surface area contributed by atoms with Crippen LogP contribution in [0, 0.1) is 5.82 Å². The van der Waals surface area contributed by atoms with Crippen molar-refractivity contribution in [2.24, 2.45) is 7.05 Å². The third-order valence-corrected chi connectivity index (χ3v) is 2.45. The lowest BCUT2D eigenvalue weighted by molar-refractivity contribution is 0.599. The summed E-state index contributed by atoms with van der Waals surface area (Å²) in [6.45, 7) is 1.91. The van der Waals surface area contributed by atoms with Gasteiger partial charge in [-0.25, -0.2) is 4.39 Å². The second-order valence-corrected chi connectivity index (χ2v) is 3.76. The van der Waals surface area contributed by atoms with Gasteiger partial charge >= 0.3 is 0 Å². The maximum atomic E-state index is 13.5. The number of aromatic nitrogens is 2. The van der Waals surface area contributed by atoms with Crippen LogP contribution >= 0.6 is 0 Å². The van der Waals surface area contributed by atoms with E-state index in [-0.39, 0.29) is 11.9 Å². The number of anilines is 1. The Morgan fingerprint density at radius 2 is 2.06 bits per heavy atom. The molecule has 2 rings (SSSR count). The second kappa shape index (κ2) is 4.35. The summed E-state index contributed by atoms with van der Waals surface area (Å²) in [5.74, 6) is 0.552. The van der Waals surface area contributed by atoms with Crippen LogP contribution in [0.1, 0.15) is 18.5 Å². The fourth-order valence-corrected chi connectivity index (χ4v) is 1.62. The van der Waals surface area contributed by atoms with E-state index in [1.54, 1.807) is 16.8 Å². The van der Waals surface area contributed by atoms with Gasteiger partial charge in [-0.1, -0.05) is 18.2 Å². The standard InChI is InChI=1S/C12H14FN3/c1-9(10-5-3-4-6-11(10)13)14-12-7-8-16(2)15-12/h3-9H,1-2H3,(H,14,15)/t9-/m1/s1. The third-order valence-electron chi connectivity index (χ3n) is 2.45. The van der Waals surface area contributed by atoms with Crippen molar-refractivity contribution in [3.8, 4) is 0 Å². The summed E-state index contributed by atoms with van der Waals surface area (Å²) >= 11 is 0. The van der Waals surface area contributed by atoms with Crippen molar-refractivity contribution >= 4 is 5.82 Å². The lowest BCUT2D eigenvalue weighted by Gasteiger charge is -2.14. The van der Waals surface area contributed by atoms with E-state index in [0.717, 1.165) is 5.82 Å². The number of benzene rings is 1. The van der Waals surface area contributed by atoms with Crippen LogP contribution in [0.5, 0.6) is 0 Å². The molecule has 0 aliphatic heterocycles. The van der Waals surface area contributed by atoms with Crippen LogP contribution < -0.4 is 5.32 Å². The Morgan fingerprint density at radius 1 is 1.31 bits per heavy atom. The van der Waals surface area contributed by atoms with Crippen LogP contribution in [0.4, 0.5) is 10.2 Å². The lowest BCUT2D eigenvalue weighted by atomic mass is 10.1. The molecule has 0 saturated heterocycles. The quantitative estimate of drug-likeness (QED) is 0.860. The van der Waals surface area contributed by atoms with Crippen LogP contribution in [-0.4, -0.2) is 9.78 Å². The molecule has 0 saturated carbocycles. The molecule has 0 fully saturated rings. The average molecular weight is 219 g/mol. The molecule has 16 heavy (non-hydrogen) atoms. The second-order valence-electron chi connectivity index (χ2n) is 3.76. The van der Waals surface area contributed by atoms with E-state index >= 15 is 0 Å². The summed E-state index contributed by atoms with van der Waals surface area (Å²) in [5.41, 5.74) is 0.646. The maximum Gasteiger partial charge on any atom is 0.148 e. The van der Waals surface area contributed by atoms with Crippen molar-refractivity contribution in [1.29, 1.82) is 0 Å². The Kier molecular flexibility index (Phi) is 2.90. The van der Waals surface area contributed by atoms with Gasteiger partial charge in [-0.2, -0.15) is 5.10 Å². The average Bonchev–Trinajstić information content (AvgIpc) is 2.64. The van der Waals surface area contributed by atoms with E-state index in [2.05, 4.69) is 10.4 Å². The Balaban J connectivity index is 2.14. The molecule has 0 spiro atoms. The smallest absolute Gasteiger partial charge is 0.148 e. The number of aryl methyl sites for hydroxylation is 1. The summed E-state index contributed by atoms with van der Waals surface area (Å²) in [6.07, 6.45) is 1.84. The molecule has 0 aliphatic carbocycles. The van der Waals surface area contributed by atoms with Gasteiger partial charge in [0.25, 0.3) is 0 Å². The Labute approximate surface area is 93.9 Å². The molecule has 0 bridgehead atoms. The van der Waals surface area contributed by atoms with Gasteiger partial charge in [-0.05, 0) is 13.0 Å². The highest BCUT2D eigenvalue weighted by atomic mass is 19.1. The zero-order valence-electron chi connectivity index (χ0n) is 9.31. The van der Waals surface area contributed by atoms with E-state index in [9.17, 15) is 4.39 Å². The van der Waals surface area contributed by atoms with Crippen molar-refractivity contribution < 1.29 is 4.39 Å². The van der Waals surface area contributed by atoms with E-state index in [4.69, 9.17) is 0 Å². The van der Waals surface area contributed by atoms with Crippen LogP contribution in [-0.2, 0) is 7.05 Å². The minimum atomic E-state index is -0.196. The number of nitrogens with one attached hydrogen (secondary N) is 1. The van der Waals surface area contributed by atoms with Gasteiger partial charge in [-0.15, -0.1) is 0 Å². The monoisotopic (exact) mass is 219 g/mol. The van der Waals surface area contributed by atoms with E-state index in [0.29, 0.717) is 5.56 Å². The Morgan fingerprint density at radius 3 is 2.69 bits per heavy atom. The van der Waals surface area contributed by atoms with Crippen molar-refractivity contribution in [3.05, 3.63) is 47.9 Å². The van der Waals surface area contributed by atoms with Crippen LogP contribution in [0.25, 0.3) is 0 Å². The predicted molar refractivity (Wildman–Crippen MR) is 61.6 cm³/mol. The molecule has 2 aromatic rings. The van der Waals surface area contributed by atoms with E-state index < -0.39 is 0 Å². The first-order chi connectivity index (χ1) is 7.66. The zero-order chi connectivity index (χ0) is 11.5. The molecule has 1 heterocycles. The normalized spacial score (nSPS) is 12.4. The molecule has 0 amide bonds. The lowest BCUT2D eigenvalue weighted by Crippen LogP contribution is -2.09. The van der Waals surface area contributed by atoms with Gasteiger partial charge in [0.05, 0.1) is 6.04 Å². The first kappa shape index (κ1) is 10.7. The molecule has 0 radical (unpaired) electrons. The molecule has 1 atom stereocenters. The highest BCUT2D eigenvalue weighted by Gasteiger charge is 2.10. The fourth-order valence-electron chi connectivity index (χ4n) is 1.62. The summed E-state index contributed by atoms with van der Waals surface area (Å²) in [6, 6.07) is 8.51. The Bertz CT molecular complexity index is 479. The minimum Gasteiger partial charge on any atom is -0.362 e. The van der Waals surface area contributed by atoms with Crippen molar-refractivity contribution in [2.75, 3.05) is 5.32 Å². The van der Waals surface area contributed by atoms with Gasteiger partial charge < -0.3 is 5.32 Å². The van der Waals surface area contributed by atoms with Gasteiger partial charge in [0, 0.05) is 24.9 Å². The minimum absolute atomic E-state index is 0.101. The first-order valence-corrected chi connectivity index (χ1v) is 5.17. The molecule has 1 N–H and O–H groups in total. The number of nitrogens with zero attached hydrogens (tertiary/aromatic N) is 2. The molecule has 0 unspecified atom stereocenters. The molecule has 3 nitrogen and oxygen atoms in total. The topological polar surface area (TPSA) is 29.9 Å². The van der Waals surface area contributed by atoms with Crippen LogP contribution in [0.2, 0.25) is 0 Å². The Hall–Kier alpha value is -1.84. The van der Waals surface area contributed by atoms with E-state index in [1.807, 2.05) is 32.3 Å². The van der Waals surface area contributed by atoms with Crippen molar-refractivity contribution in [1.82, 2.24) is 9.78 Å². The highest BCUT2D eigenvalue weighted by molar-refractivity contribution is 5.37. The van der Waals surface area contributed by atoms with Gasteiger partial charge in [0.1, 0.15) is 11.6 Å². The summed E-state index contributed by atoms with van der Waals surface area (Å²) in [4.78, 5) is 0. The summed E-state index contributed by atoms with van der Waals surface area (Å²) in [7, 11) is 1.85. The van der Waals surface area contributed by atoms with Gasteiger partial charge in [-0.3, -0.25) is 4.68 Å². The van der Waals surface area contributed by atoms with E-state index in [1.165, 1.54) is 6.07 Å². The van der Waals surface area contributed by atoms with Crippen LogP contribution in [0.3, 0.4) is 0 Å².